The minimum absolute atomic E-state index is 0.390. The molecule has 2 unspecified atom stereocenters. The molecule has 5 N–H and O–H groups in total. The molecule has 0 aromatic rings. The van der Waals surface area contributed by atoms with Crippen LogP contribution in [0.2, 0.25) is 0 Å². The lowest BCUT2D eigenvalue weighted by Crippen LogP contribution is -3.15. The van der Waals surface area contributed by atoms with Crippen molar-refractivity contribution in [3.63, 3.8) is 0 Å². The molecule has 0 amide bonds. The minimum Gasteiger partial charge on any atom is -0.367 e. The fourth-order valence-corrected chi connectivity index (χ4v) is 3.19. The summed E-state index contributed by atoms with van der Waals surface area (Å²) in [5.74, 6) is 0.815. The Morgan fingerprint density at radius 3 is 2.47 bits per heavy atom. The van der Waals surface area contributed by atoms with E-state index in [-0.39, 0.29) is 0 Å². The first-order valence-corrected chi connectivity index (χ1v) is 6.81. The summed E-state index contributed by atoms with van der Waals surface area (Å²) in [4.78, 5) is 3.79. The van der Waals surface area contributed by atoms with Crippen molar-refractivity contribution < 1.29 is 15.1 Å². The first kappa shape index (κ1) is 13.2. The van der Waals surface area contributed by atoms with Crippen molar-refractivity contribution in [3.8, 4) is 0 Å². The Balaban J connectivity index is 1.65. The highest BCUT2D eigenvalue weighted by atomic mass is 16.5. The van der Waals surface area contributed by atoms with Crippen LogP contribution >= 0.6 is 0 Å². The number of β-amino-alcohol motifs (C(OH)–C–C–N with tert-alkyl or cyclic N) is 2. The predicted molar refractivity (Wildman–Crippen MR) is 65.5 cm³/mol. The largest absolute Gasteiger partial charge is 0.367 e. The lowest BCUT2D eigenvalue weighted by atomic mass is 10.1. The van der Waals surface area contributed by atoms with E-state index in [1.165, 1.54) is 25.8 Å². The normalized spacial score (nSPS) is 32.5. The van der Waals surface area contributed by atoms with E-state index in [0.29, 0.717) is 12.6 Å². The first-order chi connectivity index (χ1) is 8.13. The number of hydrogen-bond acceptors (Lipinski definition) is 4. The van der Waals surface area contributed by atoms with Crippen LogP contribution in [0, 0.1) is 5.92 Å². The molecule has 0 aromatic heterocycles. The molecule has 2 aliphatic rings. The van der Waals surface area contributed by atoms with Crippen molar-refractivity contribution >= 4 is 0 Å². The summed E-state index contributed by atoms with van der Waals surface area (Å²) in [6, 6.07) is 0.435. The van der Waals surface area contributed by atoms with Crippen molar-refractivity contribution in [2.24, 2.45) is 11.7 Å². The zero-order valence-corrected chi connectivity index (χ0v) is 10.5. The maximum atomic E-state index is 8.92. The summed E-state index contributed by atoms with van der Waals surface area (Å²) >= 11 is 0. The fourth-order valence-electron chi connectivity index (χ4n) is 3.19. The molecule has 1 saturated heterocycles. The number of aliphatic hydroxyl groups is 2. The van der Waals surface area contributed by atoms with Crippen LogP contribution in [0.5, 0.6) is 0 Å². The molecule has 17 heavy (non-hydrogen) atoms. The monoisotopic (exact) mass is 244 g/mol. The number of rotatable bonds is 4. The summed E-state index contributed by atoms with van der Waals surface area (Å²) in [7, 11) is 0. The molecule has 1 saturated carbocycles. The van der Waals surface area contributed by atoms with Gasteiger partial charge in [-0.1, -0.05) is 0 Å². The number of nitrogens with two attached hydrogens (primary N) is 1. The van der Waals surface area contributed by atoms with E-state index in [2.05, 4.69) is 4.90 Å². The van der Waals surface area contributed by atoms with Gasteiger partial charge in [0, 0.05) is 31.6 Å². The van der Waals surface area contributed by atoms with Crippen molar-refractivity contribution in [2.75, 3.05) is 39.3 Å². The highest BCUT2D eigenvalue weighted by molar-refractivity contribution is 4.77. The molecule has 100 valence electrons. The van der Waals surface area contributed by atoms with Gasteiger partial charge in [-0.3, -0.25) is 4.90 Å². The Bertz CT molecular complexity index is 230. The zero-order chi connectivity index (χ0) is 12.3. The highest BCUT2D eigenvalue weighted by Crippen LogP contribution is 2.22. The number of hydrogen-bond donors (Lipinski definition) is 4. The van der Waals surface area contributed by atoms with Crippen molar-refractivity contribution in [3.05, 3.63) is 0 Å². The third kappa shape index (κ3) is 4.19. The number of nitrogens with one attached hydrogen (secondary N) is 1. The maximum Gasteiger partial charge on any atom is 0.164 e. The van der Waals surface area contributed by atoms with E-state index in [0.717, 1.165) is 32.1 Å². The van der Waals surface area contributed by atoms with Crippen LogP contribution in [0.1, 0.15) is 19.3 Å². The van der Waals surface area contributed by atoms with Crippen LogP contribution in [-0.4, -0.2) is 66.7 Å². The van der Waals surface area contributed by atoms with Gasteiger partial charge < -0.3 is 20.8 Å². The first-order valence-electron chi connectivity index (χ1n) is 6.81. The molecule has 0 aromatic carbocycles. The second kappa shape index (κ2) is 6.11. The number of aliphatic hydroxyl groups excluding tert-OH is 1. The Hall–Kier alpha value is -0.200. The standard InChI is InChI=1S/C12H25N3O2/c13-11-2-1-10(7-11)8-14-3-5-15(6-4-14)9-12(16)17/h10-12,16-17H,1-9,13H2/p+1. The van der Waals surface area contributed by atoms with E-state index >= 15 is 0 Å². The molecule has 2 rings (SSSR count). The molecule has 2 fully saturated rings. The van der Waals surface area contributed by atoms with Crippen LogP contribution in [0.25, 0.3) is 0 Å². The van der Waals surface area contributed by atoms with Crippen LogP contribution in [0.4, 0.5) is 0 Å². The van der Waals surface area contributed by atoms with E-state index in [1.54, 1.807) is 4.90 Å². The average Bonchev–Trinajstić information content (AvgIpc) is 2.66. The van der Waals surface area contributed by atoms with E-state index in [4.69, 9.17) is 15.9 Å². The van der Waals surface area contributed by atoms with Crippen molar-refractivity contribution in [1.82, 2.24) is 4.90 Å². The molecular weight excluding hydrogens is 218 g/mol. The zero-order valence-electron chi connectivity index (χ0n) is 10.5. The fraction of sp³-hybridized carbons (Fsp3) is 1.00. The van der Waals surface area contributed by atoms with E-state index < -0.39 is 6.29 Å². The summed E-state index contributed by atoms with van der Waals surface area (Å²) in [6.45, 7) is 5.85. The van der Waals surface area contributed by atoms with Crippen LogP contribution in [-0.2, 0) is 0 Å². The number of nitrogens with zero attached hydrogens (tertiary/aromatic N) is 1. The molecule has 5 heteroatoms. The van der Waals surface area contributed by atoms with Gasteiger partial charge in [-0.15, -0.1) is 0 Å². The minimum atomic E-state index is -1.19. The molecule has 0 spiro atoms. The quantitative estimate of drug-likeness (QED) is 0.417. The molecule has 0 bridgehead atoms. The van der Waals surface area contributed by atoms with Gasteiger partial charge in [0.25, 0.3) is 0 Å². The van der Waals surface area contributed by atoms with Crippen molar-refractivity contribution in [2.45, 2.75) is 31.6 Å². The van der Waals surface area contributed by atoms with Gasteiger partial charge in [-0.05, 0) is 19.3 Å². The third-order valence-corrected chi connectivity index (χ3v) is 4.14. The second-order valence-corrected chi connectivity index (χ2v) is 5.67. The average molecular weight is 244 g/mol. The Morgan fingerprint density at radius 2 is 1.94 bits per heavy atom. The molecule has 0 radical (unpaired) electrons. The van der Waals surface area contributed by atoms with Crippen LogP contribution in [0.3, 0.4) is 0 Å². The molecular formula is C12H26N3O2+. The SMILES string of the molecule is NC1CCC(C[NH+]2CCN(CC(O)O)CC2)C1. The summed E-state index contributed by atoms with van der Waals surface area (Å²) in [5.41, 5.74) is 5.93. The second-order valence-electron chi connectivity index (χ2n) is 5.67. The Kier molecular flexibility index (Phi) is 4.76. The van der Waals surface area contributed by atoms with Gasteiger partial charge in [0.2, 0.25) is 0 Å². The molecule has 1 aliphatic carbocycles. The van der Waals surface area contributed by atoms with E-state index in [9.17, 15) is 0 Å². The van der Waals surface area contributed by atoms with Crippen LogP contribution in [0.15, 0.2) is 0 Å². The molecule has 1 heterocycles. The summed E-state index contributed by atoms with van der Waals surface area (Å²) in [6.07, 6.45) is 2.50. The van der Waals surface area contributed by atoms with Crippen LogP contribution < -0.4 is 10.6 Å². The van der Waals surface area contributed by atoms with Gasteiger partial charge in [0.15, 0.2) is 6.29 Å². The lowest BCUT2D eigenvalue weighted by molar-refractivity contribution is -0.907. The lowest BCUT2D eigenvalue weighted by Gasteiger charge is -2.33. The summed E-state index contributed by atoms with van der Waals surface area (Å²) < 4.78 is 0. The topological polar surface area (TPSA) is 74.2 Å². The number of piperazine rings is 1. The van der Waals surface area contributed by atoms with Gasteiger partial charge in [-0.25, -0.2) is 0 Å². The Morgan fingerprint density at radius 1 is 1.24 bits per heavy atom. The number of quaternary nitrogens is 1. The maximum absolute atomic E-state index is 8.92. The highest BCUT2D eigenvalue weighted by Gasteiger charge is 2.28. The van der Waals surface area contributed by atoms with Gasteiger partial charge in [-0.2, -0.15) is 0 Å². The molecule has 2 atom stereocenters. The summed E-state index contributed by atoms with van der Waals surface area (Å²) in [5, 5.41) is 17.8. The van der Waals surface area contributed by atoms with E-state index in [1.807, 2.05) is 0 Å². The smallest absolute Gasteiger partial charge is 0.164 e. The Labute approximate surface area is 103 Å². The van der Waals surface area contributed by atoms with Gasteiger partial charge in [0.05, 0.1) is 19.6 Å². The van der Waals surface area contributed by atoms with Crippen molar-refractivity contribution in [1.29, 1.82) is 0 Å². The molecule has 5 nitrogen and oxygen atoms in total. The van der Waals surface area contributed by atoms with Gasteiger partial charge in [0.1, 0.15) is 0 Å². The molecule has 1 aliphatic heterocycles. The predicted octanol–water partition coefficient (Wildman–Crippen LogP) is -2.37. The third-order valence-electron chi connectivity index (χ3n) is 4.14. The van der Waals surface area contributed by atoms with Gasteiger partial charge >= 0.3 is 0 Å².